The van der Waals surface area contributed by atoms with Gasteiger partial charge in [-0.2, -0.15) is 0 Å². The number of pyridine rings is 1. The lowest BCUT2D eigenvalue weighted by atomic mass is 10.2. The van der Waals surface area contributed by atoms with Crippen LogP contribution in [0.5, 0.6) is 0 Å². The molecule has 5 nitrogen and oxygen atoms in total. The molecule has 0 amide bonds. The van der Waals surface area contributed by atoms with E-state index in [-0.39, 0.29) is 4.90 Å². The van der Waals surface area contributed by atoms with Crippen LogP contribution >= 0.6 is 0 Å². The second-order valence-electron chi connectivity index (χ2n) is 4.87. The maximum atomic E-state index is 11.6. The quantitative estimate of drug-likeness (QED) is 0.740. The first-order valence-corrected chi connectivity index (χ1v) is 8.27. The fourth-order valence-corrected chi connectivity index (χ4v) is 2.32. The summed E-state index contributed by atoms with van der Waals surface area (Å²) in [6.07, 6.45) is 3.57. The minimum atomic E-state index is -3.25. The lowest BCUT2D eigenvalue weighted by molar-refractivity contribution is 0.110. The molecule has 0 saturated heterocycles. The zero-order valence-corrected chi connectivity index (χ0v) is 12.5. The second-order valence-corrected chi connectivity index (χ2v) is 6.86. The van der Waals surface area contributed by atoms with Crippen LogP contribution in [0, 0.1) is 5.92 Å². The molecule has 0 spiro atoms. The predicted molar refractivity (Wildman–Crippen MR) is 76.1 cm³/mol. The third-order valence-electron chi connectivity index (χ3n) is 2.38. The maximum absolute atomic E-state index is 11.6. The first kappa shape index (κ1) is 15.9. The first-order chi connectivity index (χ1) is 8.91. The zero-order chi connectivity index (χ0) is 14.3. The van der Waals surface area contributed by atoms with E-state index in [9.17, 15) is 8.42 Å². The van der Waals surface area contributed by atoms with Crippen molar-refractivity contribution in [2.45, 2.75) is 25.2 Å². The third-order valence-corrected chi connectivity index (χ3v) is 3.51. The average Bonchev–Trinajstić information content (AvgIpc) is 2.32. The molecule has 1 heterocycles. The van der Waals surface area contributed by atoms with Crippen molar-refractivity contribution in [3.05, 3.63) is 18.3 Å². The van der Waals surface area contributed by atoms with Gasteiger partial charge in [-0.25, -0.2) is 13.4 Å². The molecule has 0 aromatic carbocycles. The summed E-state index contributed by atoms with van der Waals surface area (Å²) in [7, 11) is -3.25. The highest BCUT2D eigenvalue weighted by atomic mass is 32.2. The predicted octanol–water partition coefficient (Wildman–Crippen LogP) is 1.96. The number of sulfone groups is 1. The molecule has 1 N–H and O–H groups in total. The van der Waals surface area contributed by atoms with Crippen molar-refractivity contribution in [1.29, 1.82) is 0 Å². The van der Waals surface area contributed by atoms with Crippen LogP contribution in [0.3, 0.4) is 0 Å². The van der Waals surface area contributed by atoms with E-state index in [4.69, 9.17) is 4.74 Å². The second kappa shape index (κ2) is 7.45. The summed E-state index contributed by atoms with van der Waals surface area (Å²) >= 11 is 0. The highest BCUT2D eigenvalue weighted by Gasteiger charge is 2.13. The lowest BCUT2D eigenvalue weighted by Gasteiger charge is -2.10. The van der Waals surface area contributed by atoms with Crippen LogP contribution in [0.4, 0.5) is 5.82 Å². The summed E-state index contributed by atoms with van der Waals surface area (Å²) in [5, 5.41) is 3.04. The Balaban J connectivity index is 2.42. The Bertz CT molecular complexity index is 486. The van der Waals surface area contributed by atoms with Crippen molar-refractivity contribution < 1.29 is 13.2 Å². The van der Waals surface area contributed by atoms with Crippen LogP contribution in [0.2, 0.25) is 0 Å². The summed E-state index contributed by atoms with van der Waals surface area (Å²) in [4.78, 5) is 4.29. The molecule has 19 heavy (non-hydrogen) atoms. The van der Waals surface area contributed by atoms with Crippen LogP contribution in [0.15, 0.2) is 23.2 Å². The molecular weight excluding hydrogens is 264 g/mol. The third kappa shape index (κ3) is 6.02. The molecule has 0 radical (unpaired) electrons. The molecule has 0 saturated carbocycles. The largest absolute Gasteiger partial charge is 0.381 e. The van der Waals surface area contributed by atoms with E-state index in [1.165, 1.54) is 6.26 Å². The van der Waals surface area contributed by atoms with Gasteiger partial charge in [0.1, 0.15) is 10.7 Å². The van der Waals surface area contributed by atoms with Gasteiger partial charge in [0.05, 0.1) is 0 Å². The topological polar surface area (TPSA) is 68.3 Å². The van der Waals surface area contributed by atoms with Crippen molar-refractivity contribution in [1.82, 2.24) is 4.98 Å². The number of aromatic nitrogens is 1. The van der Waals surface area contributed by atoms with E-state index in [0.717, 1.165) is 13.0 Å². The van der Waals surface area contributed by atoms with E-state index >= 15 is 0 Å². The zero-order valence-electron chi connectivity index (χ0n) is 11.7. The molecule has 0 unspecified atom stereocenters. The number of rotatable bonds is 8. The fraction of sp³-hybridized carbons (Fsp3) is 0.615. The number of ether oxygens (including phenoxy) is 1. The molecule has 0 aliphatic carbocycles. The lowest BCUT2D eigenvalue weighted by Crippen LogP contribution is -2.11. The van der Waals surface area contributed by atoms with Crippen molar-refractivity contribution >= 4 is 15.7 Å². The Morgan fingerprint density at radius 1 is 1.42 bits per heavy atom. The summed E-state index contributed by atoms with van der Waals surface area (Å²) in [6, 6.07) is 3.17. The van der Waals surface area contributed by atoms with Gasteiger partial charge in [-0.3, -0.25) is 0 Å². The van der Waals surface area contributed by atoms with E-state index in [1.807, 2.05) is 0 Å². The van der Waals surface area contributed by atoms with Gasteiger partial charge in [0, 0.05) is 32.2 Å². The van der Waals surface area contributed by atoms with Crippen molar-refractivity contribution in [2.24, 2.45) is 5.92 Å². The van der Waals surface area contributed by atoms with E-state index < -0.39 is 9.84 Å². The van der Waals surface area contributed by atoms with Gasteiger partial charge in [0.15, 0.2) is 9.84 Å². The Morgan fingerprint density at radius 2 is 2.16 bits per heavy atom. The van der Waals surface area contributed by atoms with Gasteiger partial charge in [-0.1, -0.05) is 13.8 Å². The van der Waals surface area contributed by atoms with Crippen LogP contribution < -0.4 is 5.32 Å². The van der Waals surface area contributed by atoms with Gasteiger partial charge in [0.25, 0.3) is 0 Å². The highest BCUT2D eigenvalue weighted by Crippen LogP contribution is 2.17. The van der Waals surface area contributed by atoms with Gasteiger partial charge >= 0.3 is 0 Å². The van der Waals surface area contributed by atoms with Crippen molar-refractivity contribution in [3.8, 4) is 0 Å². The van der Waals surface area contributed by atoms with Crippen molar-refractivity contribution in [2.75, 3.05) is 31.3 Å². The SMILES string of the molecule is CC(C)COCCCNc1ncccc1S(C)(=O)=O. The average molecular weight is 286 g/mol. The monoisotopic (exact) mass is 286 g/mol. The van der Waals surface area contributed by atoms with E-state index in [0.29, 0.717) is 24.9 Å². The van der Waals surface area contributed by atoms with Crippen molar-refractivity contribution in [3.63, 3.8) is 0 Å². The molecule has 0 bridgehead atoms. The van der Waals surface area contributed by atoms with E-state index in [1.54, 1.807) is 18.3 Å². The smallest absolute Gasteiger partial charge is 0.179 e. The van der Waals surface area contributed by atoms with E-state index in [2.05, 4.69) is 24.1 Å². The first-order valence-electron chi connectivity index (χ1n) is 6.38. The standard InChI is InChI=1S/C13H22N2O3S/c1-11(2)10-18-9-5-8-15-13-12(19(3,16)17)6-4-7-14-13/h4,6-7,11H,5,8-10H2,1-3H3,(H,14,15). The number of anilines is 1. The van der Waals surface area contributed by atoms with Crippen LogP contribution in [0.1, 0.15) is 20.3 Å². The minimum absolute atomic E-state index is 0.234. The molecule has 0 atom stereocenters. The molecule has 0 aliphatic rings. The summed E-state index contributed by atoms with van der Waals surface area (Å²) in [5.41, 5.74) is 0. The molecule has 0 fully saturated rings. The summed E-state index contributed by atoms with van der Waals surface area (Å²) in [5.74, 6) is 0.939. The Labute approximate surface area is 115 Å². The summed E-state index contributed by atoms with van der Waals surface area (Å²) < 4.78 is 28.6. The number of nitrogens with one attached hydrogen (secondary N) is 1. The van der Waals surface area contributed by atoms with Crippen LogP contribution in [-0.4, -0.2) is 39.4 Å². The molecule has 108 valence electrons. The van der Waals surface area contributed by atoms with Gasteiger partial charge in [0.2, 0.25) is 0 Å². The number of nitrogens with zero attached hydrogens (tertiary/aromatic N) is 1. The maximum Gasteiger partial charge on any atom is 0.179 e. The number of hydrogen-bond acceptors (Lipinski definition) is 5. The molecular formula is C13H22N2O3S. The van der Waals surface area contributed by atoms with Crippen LogP contribution in [-0.2, 0) is 14.6 Å². The van der Waals surface area contributed by atoms with Gasteiger partial charge in [-0.05, 0) is 24.5 Å². The molecule has 1 aromatic heterocycles. The molecule has 6 heteroatoms. The fourth-order valence-electron chi connectivity index (χ4n) is 1.52. The van der Waals surface area contributed by atoms with Gasteiger partial charge in [-0.15, -0.1) is 0 Å². The Kier molecular flexibility index (Phi) is 6.24. The number of hydrogen-bond donors (Lipinski definition) is 1. The normalized spacial score (nSPS) is 11.8. The minimum Gasteiger partial charge on any atom is -0.381 e. The molecule has 0 aliphatic heterocycles. The summed E-state index contributed by atoms with van der Waals surface area (Å²) in [6.45, 7) is 6.25. The van der Waals surface area contributed by atoms with Crippen LogP contribution in [0.25, 0.3) is 0 Å². The molecule has 1 aromatic rings. The van der Waals surface area contributed by atoms with Gasteiger partial charge < -0.3 is 10.1 Å². The Morgan fingerprint density at radius 3 is 2.79 bits per heavy atom. The highest BCUT2D eigenvalue weighted by molar-refractivity contribution is 7.90. The Hall–Kier alpha value is -1.14. The molecule has 1 rings (SSSR count).